The monoisotopic (exact) mass is 136 g/mol. The van der Waals surface area contributed by atoms with E-state index in [1.807, 2.05) is 0 Å². The largest absolute Gasteiger partial charge is 0.127 e. The van der Waals surface area contributed by atoms with Crippen molar-refractivity contribution in [3.63, 3.8) is 0 Å². The van der Waals surface area contributed by atoms with Crippen molar-refractivity contribution in [2.75, 3.05) is 0 Å². The van der Waals surface area contributed by atoms with E-state index in [0.29, 0.717) is 5.00 Å². The van der Waals surface area contributed by atoms with Crippen LogP contribution in [0.4, 0.5) is 0 Å². The highest BCUT2D eigenvalue weighted by molar-refractivity contribution is 6.67. The lowest BCUT2D eigenvalue weighted by Crippen LogP contribution is -2.16. The molecule has 7 heavy (non-hydrogen) atoms. The molecular formula is C5H13ClSi. The van der Waals surface area contributed by atoms with Crippen molar-refractivity contribution in [3.8, 4) is 0 Å². The van der Waals surface area contributed by atoms with E-state index in [1.54, 1.807) is 0 Å². The van der Waals surface area contributed by atoms with Crippen LogP contribution in [0.25, 0.3) is 0 Å². The molecule has 0 aromatic carbocycles. The molecule has 0 radical (unpaired) electrons. The van der Waals surface area contributed by atoms with Gasteiger partial charge >= 0.3 is 0 Å². The quantitative estimate of drug-likeness (QED) is 0.403. The van der Waals surface area contributed by atoms with Crippen LogP contribution in [0.1, 0.15) is 13.3 Å². The Hall–Kier alpha value is 0.507. The van der Waals surface area contributed by atoms with Crippen LogP contribution in [-0.2, 0) is 0 Å². The summed E-state index contributed by atoms with van der Waals surface area (Å²) in [6.07, 6.45) is 1.14. The van der Waals surface area contributed by atoms with Gasteiger partial charge in [0.2, 0.25) is 0 Å². The number of alkyl halides is 1. The first kappa shape index (κ1) is 7.51. The third kappa shape index (κ3) is 3.12. The fourth-order valence-corrected chi connectivity index (χ4v) is 1.41. The molecule has 0 rings (SSSR count). The van der Waals surface area contributed by atoms with Gasteiger partial charge in [-0.25, -0.2) is 0 Å². The highest BCUT2D eigenvalue weighted by Gasteiger charge is 2.05. The molecule has 0 bridgehead atoms. The van der Waals surface area contributed by atoms with Gasteiger partial charge in [0.05, 0.1) is 8.80 Å². The van der Waals surface area contributed by atoms with E-state index in [0.717, 1.165) is 6.42 Å². The number of rotatable bonds is 2. The molecule has 0 aliphatic heterocycles. The second kappa shape index (κ2) is 3.50. The summed E-state index contributed by atoms with van der Waals surface area (Å²) in [4.78, 5) is 0. The number of hydrogen-bond acceptors (Lipinski definition) is 0. The van der Waals surface area contributed by atoms with Crippen LogP contribution in [0.15, 0.2) is 0 Å². The predicted molar refractivity (Wildman–Crippen MR) is 38.8 cm³/mol. The van der Waals surface area contributed by atoms with Gasteiger partial charge in [-0.3, -0.25) is 0 Å². The molecule has 0 saturated heterocycles. The summed E-state index contributed by atoms with van der Waals surface area (Å²) < 4.78 is 0. The summed E-state index contributed by atoms with van der Waals surface area (Å²) in [5.74, 6) is 0. The molecule has 0 aliphatic rings. The first-order valence-electron chi connectivity index (χ1n) is 2.82. The first-order valence-corrected chi connectivity index (χ1v) is 6.23. The lowest BCUT2D eigenvalue weighted by atomic mass is 10.6. The molecule has 1 unspecified atom stereocenters. The zero-order chi connectivity index (χ0) is 5.86. The molecule has 44 valence electrons. The minimum atomic E-state index is -0.499. The van der Waals surface area contributed by atoms with E-state index >= 15 is 0 Å². The van der Waals surface area contributed by atoms with Crippen molar-refractivity contribution in [2.24, 2.45) is 0 Å². The average molecular weight is 137 g/mol. The molecule has 0 fully saturated rings. The minimum absolute atomic E-state index is 0.499. The SMILES string of the molecule is CCC(Cl)[SiH](C)C. The summed E-state index contributed by atoms with van der Waals surface area (Å²) in [5.41, 5.74) is 0. The molecule has 0 spiro atoms. The molecule has 2 heteroatoms. The number of halogens is 1. The average Bonchev–Trinajstić information content (AvgIpc) is 1.65. The van der Waals surface area contributed by atoms with Gasteiger partial charge in [0.1, 0.15) is 0 Å². The summed E-state index contributed by atoms with van der Waals surface area (Å²) in [5, 5.41) is 0.514. The highest BCUT2D eigenvalue weighted by atomic mass is 35.5. The predicted octanol–water partition coefficient (Wildman–Crippen LogP) is 2.03. The molecule has 0 saturated carbocycles. The molecule has 0 amide bonds. The van der Waals surface area contributed by atoms with Crippen LogP contribution in [0.5, 0.6) is 0 Å². The zero-order valence-corrected chi connectivity index (χ0v) is 7.15. The van der Waals surface area contributed by atoms with E-state index in [2.05, 4.69) is 20.0 Å². The lowest BCUT2D eigenvalue weighted by Gasteiger charge is -2.06. The van der Waals surface area contributed by atoms with Crippen molar-refractivity contribution < 1.29 is 0 Å². The van der Waals surface area contributed by atoms with Crippen molar-refractivity contribution in [3.05, 3.63) is 0 Å². The zero-order valence-electron chi connectivity index (χ0n) is 5.24. The van der Waals surface area contributed by atoms with Gasteiger partial charge < -0.3 is 0 Å². The van der Waals surface area contributed by atoms with E-state index in [9.17, 15) is 0 Å². The topological polar surface area (TPSA) is 0 Å². The van der Waals surface area contributed by atoms with Gasteiger partial charge in [-0.05, 0) is 6.42 Å². The molecular weight excluding hydrogens is 124 g/mol. The van der Waals surface area contributed by atoms with Gasteiger partial charge in [0.25, 0.3) is 0 Å². The van der Waals surface area contributed by atoms with Gasteiger partial charge in [-0.2, -0.15) is 0 Å². The second-order valence-corrected chi connectivity index (χ2v) is 6.44. The van der Waals surface area contributed by atoms with Crippen LogP contribution in [0.2, 0.25) is 13.1 Å². The lowest BCUT2D eigenvalue weighted by molar-refractivity contribution is 1.02. The maximum atomic E-state index is 5.86. The Morgan fingerprint density at radius 1 is 1.57 bits per heavy atom. The summed E-state index contributed by atoms with van der Waals surface area (Å²) >= 11 is 5.86. The third-order valence-corrected chi connectivity index (χ3v) is 4.85. The van der Waals surface area contributed by atoms with E-state index in [-0.39, 0.29) is 0 Å². The molecule has 0 nitrogen and oxygen atoms in total. The Morgan fingerprint density at radius 3 is 2.00 bits per heavy atom. The molecule has 0 aliphatic carbocycles. The second-order valence-electron chi connectivity index (χ2n) is 2.17. The van der Waals surface area contributed by atoms with Gasteiger partial charge in [0, 0.05) is 5.00 Å². The van der Waals surface area contributed by atoms with E-state index in [1.165, 1.54) is 0 Å². The standard InChI is InChI=1S/C5H13ClSi/c1-4-5(6)7(2)3/h5,7H,4H2,1-3H3. The summed E-state index contributed by atoms with van der Waals surface area (Å²) in [6, 6.07) is 0. The Morgan fingerprint density at radius 2 is 2.00 bits per heavy atom. The van der Waals surface area contributed by atoms with Crippen LogP contribution in [0, 0.1) is 0 Å². The summed E-state index contributed by atoms with van der Waals surface area (Å²) in [6.45, 7) is 6.70. The summed E-state index contributed by atoms with van der Waals surface area (Å²) in [7, 11) is -0.499. The van der Waals surface area contributed by atoms with Crippen molar-refractivity contribution in [1.82, 2.24) is 0 Å². The smallest absolute Gasteiger partial charge is 0.0518 e. The van der Waals surface area contributed by atoms with E-state index in [4.69, 9.17) is 11.6 Å². The number of hydrogen-bond donors (Lipinski definition) is 0. The molecule has 0 aromatic rings. The Balaban J connectivity index is 3.14. The third-order valence-electron chi connectivity index (χ3n) is 1.11. The normalized spacial score (nSPS) is 15.0. The van der Waals surface area contributed by atoms with Crippen molar-refractivity contribution in [1.29, 1.82) is 0 Å². The molecule has 0 aromatic heterocycles. The first-order chi connectivity index (χ1) is 3.18. The fraction of sp³-hybridized carbons (Fsp3) is 1.00. The van der Waals surface area contributed by atoms with Crippen LogP contribution in [-0.4, -0.2) is 13.8 Å². The minimum Gasteiger partial charge on any atom is -0.127 e. The molecule has 1 atom stereocenters. The van der Waals surface area contributed by atoms with Crippen LogP contribution >= 0.6 is 11.6 Å². The Bertz CT molecular complexity index is 45.3. The highest BCUT2D eigenvalue weighted by Crippen LogP contribution is 2.04. The van der Waals surface area contributed by atoms with Crippen molar-refractivity contribution >= 4 is 20.4 Å². The van der Waals surface area contributed by atoms with E-state index < -0.39 is 8.80 Å². The molecule has 0 heterocycles. The van der Waals surface area contributed by atoms with Crippen LogP contribution < -0.4 is 0 Å². The van der Waals surface area contributed by atoms with Gasteiger partial charge in [0.15, 0.2) is 0 Å². The van der Waals surface area contributed by atoms with Gasteiger partial charge in [-0.1, -0.05) is 20.0 Å². The molecule has 0 N–H and O–H groups in total. The fourth-order valence-electron chi connectivity index (χ4n) is 0.471. The maximum Gasteiger partial charge on any atom is 0.0518 e. The van der Waals surface area contributed by atoms with Gasteiger partial charge in [-0.15, -0.1) is 11.6 Å². The Labute approximate surface area is 52.5 Å². The Kier molecular flexibility index (Phi) is 3.76. The maximum absolute atomic E-state index is 5.86. The van der Waals surface area contributed by atoms with Crippen LogP contribution in [0.3, 0.4) is 0 Å². The van der Waals surface area contributed by atoms with Crippen molar-refractivity contribution in [2.45, 2.75) is 31.4 Å².